The molecule has 0 aliphatic carbocycles. The van der Waals surface area contributed by atoms with E-state index in [-0.39, 0.29) is 0 Å². The summed E-state index contributed by atoms with van der Waals surface area (Å²) in [5.74, 6) is 0.819. The lowest BCUT2D eigenvalue weighted by Gasteiger charge is -2.16. The van der Waals surface area contributed by atoms with Gasteiger partial charge >= 0.3 is 0 Å². The molecule has 1 saturated heterocycles. The number of hydrogen-bond donors (Lipinski definition) is 2. The van der Waals surface area contributed by atoms with E-state index in [4.69, 9.17) is 4.74 Å². The average Bonchev–Trinajstić information content (AvgIpc) is 3.00. The molecule has 0 aromatic heterocycles. The molecule has 1 fully saturated rings. The van der Waals surface area contributed by atoms with Gasteiger partial charge in [0.1, 0.15) is 5.75 Å². The van der Waals surface area contributed by atoms with Crippen molar-refractivity contribution in [3.8, 4) is 5.75 Å². The normalized spacial score (nSPS) is 17.3. The van der Waals surface area contributed by atoms with Crippen LogP contribution in [0.3, 0.4) is 0 Å². The van der Waals surface area contributed by atoms with Crippen LogP contribution in [0.1, 0.15) is 30.9 Å². The maximum Gasteiger partial charge on any atom is 0.118 e. The van der Waals surface area contributed by atoms with Crippen LogP contribution in [0.25, 0.3) is 0 Å². The molecule has 1 aliphatic heterocycles. The molecule has 1 heterocycles. The van der Waals surface area contributed by atoms with Crippen LogP contribution >= 0.6 is 0 Å². The number of benzene rings is 1. The Morgan fingerprint density at radius 1 is 1.25 bits per heavy atom. The zero-order valence-corrected chi connectivity index (χ0v) is 12.3. The van der Waals surface area contributed by atoms with E-state index in [1.807, 2.05) is 24.3 Å². The lowest BCUT2D eigenvalue weighted by atomic mass is 10.1. The third-order valence-electron chi connectivity index (χ3n) is 3.86. The van der Waals surface area contributed by atoms with E-state index >= 15 is 0 Å². The van der Waals surface area contributed by atoms with E-state index in [1.54, 1.807) is 7.11 Å². The summed E-state index contributed by atoms with van der Waals surface area (Å²) in [5, 5.41) is 13.4. The zero-order chi connectivity index (χ0) is 14.2. The lowest BCUT2D eigenvalue weighted by molar-refractivity contribution is 0.174. The fourth-order valence-corrected chi connectivity index (χ4v) is 2.62. The predicted molar refractivity (Wildman–Crippen MR) is 81.1 cm³/mol. The van der Waals surface area contributed by atoms with Crippen LogP contribution in [-0.4, -0.2) is 49.8 Å². The van der Waals surface area contributed by atoms with Crippen LogP contribution in [0.15, 0.2) is 24.3 Å². The van der Waals surface area contributed by atoms with Gasteiger partial charge in [0, 0.05) is 6.54 Å². The SMILES string of the molecule is COc1ccc(C(O)CNCCCN2CCCC2)cc1. The van der Waals surface area contributed by atoms with Crippen LogP contribution in [0.2, 0.25) is 0 Å². The van der Waals surface area contributed by atoms with Crippen molar-refractivity contribution in [1.82, 2.24) is 10.2 Å². The highest BCUT2D eigenvalue weighted by atomic mass is 16.5. The quantitative estimate of drug-likeness (QED) is 0.712. The van der Waals surface area contributed by atoms with E-state index in [0.717, 1.165) is 24.3 Å². The van der Waals surface area contributed by atoms with Gasteiger partial charge in [0.25, 0.3) is 0 Å². The third kappa shape index (κ3) is 4.78. The first kappa shape index (κ1) is 15.3. The van der Waals surface area contributed by atoms with Crippen LogP contribution in [0.5, 0.6) is 5.75 Å². The summed E-state index contributed by atoms with van der Waals surface area (Å²) >= 11 is 0. The second-order valence-corrected chi connectivity index (χ2v) is 5.40. The second kappa shape index (κ2) is 8.25. The molecule has 1 atom stereocenters. The number of hydrogen-bond acceptors (Lipinski definition) is 4. The number of nitrogens with one attached hydrogen (secondary N) is 1. The summed E-state index contributed by atoms with van der Waals surface area (Å²) in [6.45, 7) is 5.25. The van der Waals surface area contributed by atoms with Crippen LogP contribution in [0, 0.1) is 0 Å². The molecule has 1 aromatic rings. The molecular formula is C16H26N2O2. The molecule has 112 valence electrons. The van der Waals surface area contributed by atoms with Gasteiger partial charge in [0.05, 0.1) is 13.2 Å². The fraction of sp³-hybridized carbons (Fsp3) is 0.625. The third-order valence-corrected chi connectivity index (χ3v) is 3.86. The van der Waals surface area contributed by atoms with Crippen molar-refractivity contribution in [2.45, 2.75) is 25.4 Å². The molecule has 0 bridgehead atoms. The van der Waals surface area contributed by atoms with Gasteiger partial charge < -0.3 is 20.1 Å². The van der Waals surface area contributed by atoms with Crippen molar-refractivity contribution in [3.63, 3.8) is 0 Å². The molecule has 2 rings (SSSR count). The molecule has 0 saturated carbocycles. The summed E-state index contributed by atoms with van der Waals surface area (Å²) in [4.78, 5) is 2.52. The minimum absolute atomic E-state index is 0.451. The van der Waals surface area contributed by atoms with Crippen molar-refractivity contribution >= 4 is 0 Å². The van der Waals surface area contributed by atoms with E-state index in [0.29, 0.717) is 6.54 Å². The predicted octanol–water partition coefficient (Wildman–Crippen LogP) is 1.80. The number of ether oxygens (including phenoxy) is 1. The van der Waals surface area contributed by atoms with E-state index in [2.05, 4.69) is 10.2 Å². The summed E-state index contributed by atoms with van der Waals surface area (Å²) < 4.78 is 5.11. The molecule has 4 heteroatoms. The summed E-state index contributed by atoms with van der Waals surface area (Å²) in [6, 6.07) is 7.59. The van der Waals surface area contributed by atoms with Gasteiger partial charge in [0.2, 0.25) is 0 Å². The monoisotopic (exact) mass is 278 g/mol. The molecule has 4 nitrogen and oxygen atoms in total. The second-order valence-electron chi connectivity index (χ2n) is 5.40. The number of methoxy groups -OCH3 is 1. The van der Waals surface area contributed by atoms with E-state index < -0.39 is 6.10 Å². The van der Waals surface area contributed by atoms with Crippen LogP contribution < -0.4 is 10.1 Å². The van der Waals surface area contributed by atoms with Crippen molar-refractivity contribution in [2.24, 2.45) is 0 Å². The highest BCUT2D eigenvalue weighted by molar-refractivity contribution is 5.28. The molecule has 1 aromatic carbocycles. The Morgan fingerprint density at radius 2 is 1.95 bits per heavy atom. The molecule has 0 amide bonds. The smallest absolute Gasteiger partial charge is 0.118 e. The number of likely N-dealkylation sites (tertiary alicyclic amines) is 1. The van der Waals surface area contributed by atoms with Gasteiger partial charge in [0.15, 0.2) is 0 Å². The van der Waals surface area contributed by atoms with Crippen molar-refractivity contribution in [3.05, 3.63) is 29.8 Å². The fourth-order valence-electron chi connectivity index (χ4n) is 2.62. The standard InChI is InChI=1S/C16H26N2O2/c1-20-15-7-5-14(6-8-15)16(19)13-17-9-4-12-18-10-2-3-11-18/h5-8,16-17,19H,2-4,9-13H2,1H3. The lowest BCUT2D eigenvalue weighted by Crippen LogP contribution is -2.27. The van der Waals surface area contributed by atoms with Crippen molar-refractivity contribution < 1.29 is 9.84 Å². The maximum absolute atomic E-state index is 10.1. The van der Waals surface area contributed by atoms with E-state index in [1.165, 1.54) is 32.5 Å². The topological polar surface area (TPSA) is 44.7 Å². The minimum Gasteiger partial charge on any atom is -0.497 e. The van der Waals surface area contributed by atoms with Crippen molar-refractivity contribution in [2.75, 3.05) is 39.8 Å². The molecule has 0 spiro atoms. The summed E-state index contributed by atoms with van der Waals surface area (Å²) in [7, 11) is 1.65. The first-order valence-corrected chi connectivity index (χ1v) is 7.54. The van der Waals surface area contributed by atoms with Gasteiger partial charge in [-0.2, -0.15) is 0 Å². The molecular weight excluding hydrogens is 252 g/mol. The number of aliphatic hydroxyl groups is 1. The Kier molecular flexibility index (Phi) is 6.30. The Hall–Kier alpha value is -1.10. The summed E-state index contributed by atoms with van der Waals surface area (Å²) in [6.07, 6.45) is 3.40. The average molecular weight is 278 g/mol. The molecule has 1 unspecified atom stereocenters. The largest absolute Gasteiger partial charge is 0.497 e. The van der Waals surface area contributed by atoms with Gasteiger partial charge in [-0.15, -0.1) is 0 Å². The first-order valence-electron chi connectivity index (χ1n) is 7.54. The first-order chi connectivity index (χ1) is 9.79. The van der Waals surface area contributed by atoms with Crippen molar-refractivity contribution in [1.29, 1.82) is 0 Å². The number of rotatable bonds is 8. The van der Waals surface area contributed by atoms with Crippen LogP contribution in [0.4, 0.5) is 0 Å². The highest BCUT2D eigenvalue weighted by Crippen LogP contribution is 2.16. The van der Waals surface area contributed by atoms with Gasteiger partial charge in [-0.3, -0.25) is 0 Å². The van der Waals surface area contributed by atoms with Crippen LogP contribution in [-0.2, 0) is 0 Å². The maximum atomic E-state index is 10.1. The van der Waals surface area contributed by atoms with Gasteiger partial charge in [-0.1, -0.05) is 12.1 Å². The number of nitrogens with zero attached hydrogens (tertiary/aromatic N) is 1. The van der Waals surface area contributed by atoms with Gasteiger partial charge in [-0.25, -0.2) is 0 Å². The Labute approximate surface area is 121 Å². The molecule has 1 aliphatic rings. The van der Waals surface area contributed by atoms with Gasteiger partial charge in [-0.05, 0) is 63.1 Å². The molecule has 2 N–H and O–H groups in total. The van der Waals surface area contributed by atoms with E-state index in [9.17, 15) is 5.11 Å². The number of aliphatic hydroxyl groups excluding tert-OH is 1. The Bertz CT molecular complexity index is 375. The zero-order valence-electron chi connectivity index (χ0n) is 12.3. The molecule has 20 heavy (non-hydrogen) atoms. The Balaban J connectivity index is 1.60. The minimum atomic E-state index is -0.451. The summed E-state index contributed by atoms with van der Waals surface area (Å²) in [5.41, 5.74) is 0.929. The molecule has 0 radical (unpaired) electrons. The highest BCUT2D eigenvalue weighted by Gasteiger charge is 2.10. The Morgan fingerprint density at radius 3 is 2.60 bits per heavy atom.